The van der Waals surface area contributed by atoms with Gasteiger partial charge in [0.1, 0.15) is 5.15 Å². The molecule has 6 heteroatoms. The van der Waals surface area contributed by atoms with Crippen LogP contribution in [-0.4, -0.2) is 42.0 Å². The van der Waals surface area contributed by atoms with Gasteiger partial charge in [0, 0.05) is 31.6 Å². The van der Waals surface area contributed by atoms with E-state index in [9.17, 15) is 9.59 Å². The minimum Gasteiger partial charge on any atom is -0.465 e. The van der Waals surface area contributed by atoms with E-state index in [2.05, 4.69) is 4.98 Å². The van der Waals surface area contributed by atoms with Crippen molar-refractivity contribution in [2.24, 2.45) is 5.92 Å². The van der Waals surface area contributed by atoms with Crippen molar-refractivity contribution in [2.75, 3.05) is 20.2 Å². The molecule has 2 rings (SSSR count). The van der Waals surface area contributed by atoms with Crippen LogP contribution in [0.25, 0.3) is 0 Å². The van der Waals surface area contributed by atoms with Crippen molar-refractivity contribution in [1.29, 1.82) is 0 Å². The Morgan fingerprint density at radius 3 is 2.90 bits per heavy atom. The van der Waals surface area contributed by atoms with Crippen LogP contribution in [0.1, 0.15) is 17.7 Å². The van der Waals surface area contributed by atoms with Crippen molar-refractivity contribution in [3.05, 3.63) is 28.5 Å². The highest BCUT2D eigenvalue weighted by molar-refractivity contribution is 6.29. The van der Waals surface area contributed by atoms with Gasteiger partial charge in [0.2, 0.25) is 5.91 Å². The van der Waals surface area contributed by atoms with Crippen LogP contribution in [0.4, 0.5) is 0 Å². The summed E-state index contributed by atoms with van der Waals surface area (Å²) < 4.78 is 5.23. The summed E-state index contributed by atoms with van der Waals surface area (Å²) in [5.41, 5.74) is 1.53. The normalized spacial score (nSPS) is 18.4. The maximum Gasteiger partial charge on any atom is 0.310 e. The van der Waals surface area contributed by atoms with Gasteiger partial charge in [0.05, 0.1) is 13.0 Å². The quantitative estimate of drug-likeness (QED) is 0.625. The molecule has 0 bridgehead atoms. The van der Waals surface area contributed by atoms with Crippen molar-refractivity contribution in [3.63, 3.8) is 0 Å². The first-order valence-corrected chi connectivity index (χ1v) is 6.85. The number of esters is 1. The molecule has 1 aromatic rings. The van der Waals surface area contributed by atoms with E-state index in [1.807, 2.05) is 0 Å². The summed E-state index contributed by atoms with van der Waals surface area (Å²) >= 11 is 5.76. The summed E-state index contributed by atoms with van der Waals surface area (Å²) in [7, 11) is 1.76. The van der Waals surface area contributed by atoms with Gasteiger partial charge in [-0.05, 0) is 18.6 Å². The Labute approximate surface area is 122 Å². The fraction of sp³-hybridized carbons (Fsp3) is 0.500. The smallest absolute Gasteiger partial charge is 0.310 e. The first-order valence-electron chi connectivity index (χ1n) is 6.47. The van der Waals surface area contributed by atoms with E-state index in [4.69, 9.17) is 16.3 Å². The Bertz CT molecular complexity index is 533. The van der Waals surface area contributed by atoms with Gasteiger partial charge in [0.15, 0.2) is 0 Å². The molecule has 2 heterocycles. The summed E-state index contributed by atoms with van der Waals surface area (Å²) in [5, 5.41) is 0.409. The average molecular weight is 297 g/mol. The number of carbonyl (C=O) groups is 2. The van der Waals surface area contributed by atoms with Crippen LogP contribution in [-0.2, 0) is 20.7 Å². The Hall–Kier alpha value is -1.62. The lowest BCUT2D eigenvalue weighted by atomic mass is 10.1. The molecule has 1 atom stereocenters. The molecular formula is C14H17ClN2O3. The maximum atomic E-state index is 11.8. The summed E-state index contributed by atoms with van der Waals surface area (Å²) in [6, 6.07) is 3.43. The lowest BCUT2D eigenvalue weighted by Crippen LogP contribution is -2.21. The number of carbonyl (C=O) groups excluding carboxylic acids is 2. The second kappa shape index (κ2) is 6.22. The molecule has 1 unspecified atom stereocenters. The topological polar surface area (TPSA) is 59.5 Å². The van der Waals surface area contributed by atoms with Crippen LogP contribution in [0.15, 0.2) is 12.1 Å². The van der Waals surface area contributed by atoms with E-state index in [-0.39, 0.29) is 30.8 Å². The van der Waals surface area contributed by atoms with Crippen molar-refractivity contribution >= 4 is 23.5 Å². The summed E-state index contributed by atoms with van der Waals surface area (Å²) in [4.78, 5) is 28.9. The van der Waals surface area contributed by atoms with Gasteiger partial charge >= 0.3 is 5.97 Å². The molecule has 20 heavy (non-hydrogen) atoms. The largest absolute Gasteiger partial charge is 0.465 e. The van der Waals surface area contributed by atoms with Gasteiger partial charge in [-0.3, -0.25) is 9.59 Å². The van der Waals surface area contributed by atoms with E-state index in [0.29, 0.717) is 18.1 Å². The number of hydrogen-bond acceptors (Lipinski definition) is 4. The third-order valence-electron chi connectivity index (χ3n) is 3.40. The van der Waals surface area contributed by atoms with E-state index in [0.717, 1.165) is 11.3 Å². The van der Waals surface area contributed by atoms with Crippen LogP contribution in [0.2, 0.25) is 5.15 Å². The summed E-state index contributed by atoms with van der Waals surface area (Å²) in [6.07, 6.45) is 0.623. The predicted molar refractivity (Wildman–Crippen MR) is 74.4 cm³/mol. The zero-order chi connectivity index (χ0) is 14.7. The molecular weight excluding hydrogens is 280 g/mol. The molecule has 1 aliphatic heterocycles. The zero-order valence-corrected chi connectivity index (χ0v) is 12.3. The van der Waals surface area contributed by atoms with E-state index in [1.165, 1.54) is 0 Å². The number of aromatic nitrogens is 1. The number of amides is 1. The Balaban J connectivity index is 1.82. The fourth-order valence-electron chi connectivity index (χ4n) is 2.23. The second-order valence-electron chi connectivity index (χ2n) is 5.08. The lowest BCUT2D eigenvalue weighted by molar-refractivity contribution is -0.144. The van der Waals surface area contributed by atoms with Crippen LogP contribution < -0.4 is 0 Å². The van der Waals surface area contributed by atoms with E-state index >= 15 is 0 Å². The van der Waals surface area contributed by atoms with Gasteiger partial charge in [-0.15, -0.1) is 0 Å². The summed E-state index contributed by atoms with van der Waals surface area (Å²) in [5.74, 6) is -0.107. The molecule has 0 saturated carbocycles. The first-order chi connectivity index (χ1) is 9.45. The van der Waals surface area contributed by atoms with Crippen molar-refractivity contribution in [3.8, 4) is 0 Å². The van der Waals surface area contributed by atoms with E-state index in [1.54, 1.807) is 31.0 Å². The molecule has 1 saturated heterocycles. The average Bonchev–Trinajstić information content (AvgIpc) is 2.70. The number of nitrogens with zero attached hydrogens (tertiary/aromatic N) is 2. The molecule has 0 spiro atoms. The van der Waals surface area contributed by atoms with Gasteiger partial charge in [0.25, 0.3) is 0 Å². The molecule has 0 aromatic carbocycles. The maximum absolute atomic E-state index is 11.8. The number of halogens is 1. The molecule has 5 nitrogen and oxygen atoms in total. The van der Waals surface area contributed by atoms with Crippen molar-refractivity contribution < 1.29 is 14.3 Å². The van der Waals surface area contributed by atoms with Gasteiger partial charge in [-0.2, -0.15) is 0 Å². The molecule has 1 fully saturated rings. The van der Waals surface area contributed by atoms with Crippen LogP contribution >= 0.6 is 11.6 Å². The fourth-order valence-corrected chi connectivity index (χ4v) is 2.42. The number of ether oxygens (including phenoxy) is 1. The van der Waals surface area contributed by atoms with Crippen LogP contribution in [0.3, 0.4) is 0 Å². The minimum absolute atomic E-state index is 0.0980. The highest BCUT2D eigenvalue weighted by Gasteiger charge is 2.27. The van der Waals surface area contributed by atoms with Crippen molar-refractivity contribution in [2.45, 2.75) is 19.8 Å². The number of pyridine rings is 1. The standard InChI is InChI=1S/C14H17ClN2O3/c1-9-11(3-4-12(15)16-9)6-14(19)20-8-10-5-13(18)17(2)7-10/h3-4,10H,5-8H2,1-2H3. The molecule has 1 amide bonds. The van der Waals surface area contributed by atoms with Crippen LogP contribution in [0.5, 0.6) is 0 Å². The van der Waals surface area contributed by atoms with Gasteiger partial charge in [-0.1, -0.05) is 17.7 Å². The molecule has 1 aromatic heterocycles. The minimum atomic E-state index is -0.306. The van der Waals surface area contributed by atoms with E-state index < -0.39 is 0 Å². The Morgan fingerprint density at radius 2 is 2.30 bits per heavy atom. The molecule has 0 aliphatic carbocycles. The van der Waals surface area contributed by atoms with Crippen LogP contribution in [0, 0.1) is 12.8 Å². The molecule has 1 aliphatic rings. The molecule has 108 valence electrons. The highest BCUT2D eigenvalue weighted by Crippen LogP contribution is 2.17. The van der Waals surface area contributed by atoms with Crippen molar-refractivity contribution in [1.82, 2.24) is 9.88 Å². The van der Waals surface area contributed by atoms with Gasteiger partial charge < -0.3 is 9.64 Å². The number of hydrogen-bond donors (Lipinski definition) is 0. The number of rotatable bonds is 4. The Kier molecular flexibility index (Phi) is 4.60. The SMILES string of the molecule is Cc1nc(Cl)ccc1CC(=O)OCC1CC(=O)N(C)C1. The number of likely N-dealkylation sites (tertiary alicyclic amines) is 1. The monoisotopic (exact) mass is 296 g/mol. The first kappa shape index (κ1) is 14.8. The molecule has 0 radical (unpaired) electrons. The third kappa shape index (κ3) is 3.70. The third-order valence-corrected chi connectivity index (χ3v) is 3.61. The summed E-state index contributed by atoms with van der Waals surface area (Å²) in [6.45, 7) is 2.74. The Morgan fingerprint density at radius 1 is 1.55 bits per heavy atom. The molecule has 0 N–H and O–H groups in total. The highest BCUT2D eigenvalue weighted by atomic mass is 35.5. The lowest BCUT2D eigenvalue weighted by Gasteiger charge is -2.11. The predicted octanol–water partition coefficient (Wildman–Crippen LogP) is 1.61. The zero-order valence-electron chi connectivity index (χ0n) is 11.6. The second-order valence-corrected chi connectivity index (χ2v) is 5.47. The van der Waals surface area contributed by atoms with Gasteiger partial charge in [-0.25, -0.2) is 4.98 Å². The number of aryl methyl sites for hydroxylation is 1.